The van der Waals surface area contributed by atoms with Crippen LogP contribution < -0.4 is 0 Å². The number of esters is 3. The standard InChI is InChI=1S/C65H104O6/c1-4-7-10-13-16-19-22-25-28-30-32-34-37-40-43-46-49-52-55-58-64(67)70-61-62(60-69-63(66)57-54-51-48-45-42-39-36-27-24-21-18-15-12-9-6-3)71-65(68)59-56-53-50-47-44-41-38-35-33-31-29-26-23-20-17-14-11-8-5-2/h7,9-10,12,16-21,25-29,32-36,40,43,62H,4-6,8,11,13-15,22-24,30-31,37-39,41-42,44-61H2,1-3H3/b10-7-,12-9-,19-16-,20-17-,21-18-,28-25-,29-26-,34-32-,35-33-,36-27-,43-40-. The fourth-order valence-corrected chi connectivity index (χ4v) is 7.37. The molecule has 0 radical (unpaired) electrons. The highest BCUT2D eigenvalue weighted by Gasteiger charge is 2.19. The molecule has 0 heterocycles. The van der Waals surface area contributed by atoms with E-state index in [1.807, 2.05) is 0 Å². The number of carbonyl (C=O) groups excluding carboxylic acids is 3. The molecule has 0 N–H and O–H groups in total. The molecule has 0 aromatic heterocycles. The molecule has 0 rings (SSSR count). The SMILES string of the molecule is CC/C=C\C/C=C\C/C=C\C/C=C\C/C=C\CCCCCC(=O)OCC(COC(=O)CCCCCCC/C=C\C/C=C\C/C=C\CC)OC(=O)CCCCCCCC/C=C\C/C=C\C/C=C\CCCCC. The van der Waals surface area contributed by atoms with Crippen LogP contribution >= 0.6 is 0 Å². The van der Waals surface area contributed by atoms with Crippen molar-refractivity contribution in [3.63, 3.8) is 0 Å². The van der Waals surface area contributed by atoms with Gasteiger partial charge < -0.3 is 14.2 Å². The predicted octanol–water partition coefficient (Wildman–Crippen LogP) is 19.4. The highest BCUT2D eigenvalue weighted by molar-refractivity contribution is 5.71. The first-order chi connectivity index (χ1) is 35.0. The fraction of sp³-hybridized carbons (Fsp3) is 0.615. The van der Waals surface area contributed by atoms with Gasteiger partial charge in [0.25, 0.3) is 0 Å². The van der Waals surface area contributed by atoms with Crippen molar-refractivity contribution in [3.05, 3.63) is 134 Å². The largest absolute Gasteiger partial charge is 0.462 e. The van der Waals surface area contributed by atoms with E-state index >= 15 is 0 Å². The lowest BCUT2D eigenvalue weighted by atomic mass is 10.1. The maximum absolute atomic E-state index is 12.9. The van der Waals surface area contributed by atoms with Gasteiger partial charge in [0.05, 0.1) is 0 Å². The molecule has 1 unspecified atom stereocenters. The summed E-state index contributed by atoms with van der Waals surface area (Å²) in [6, 6.07) is 0. The first kappa shape index (κ1) is 66.6. The number of unbranched alkanes of at least 4 members (excludes halogenated alkanes) is 17. The van der Waals surface area contributed by atoms with Crippen LogP contribution in [0, 0.1) is 0 Å². The summed E-state index contributed by atoms with van der Waals surface area (Å²) in [4.78, 5) is 38.2. The van der Waals surface area contributed by atoms with Gasteiger partial charge in [-0.15, -0.1) is 0 Å². The van der Waals surface area contributed by atoms with Crippen LogP contribution in [0.4, 0.5) is 0 Å². The molecular weight excluding hydrogens is 877 g/mol. The summed E-state index contributed by atoms with van der Waals surface area (Å²) in [7, 11) is 0. The third-order valence-electron chi connectivity index (χ3n) is 11.6. The van der Waals surface area contributed by atoms with Gasteiger partial charge in [0, 0.05) is 19.3 Å². The van der Waals surface area contributed by atoms with Crippen molar-refractivity contribution in [1.82, 2.24) is 0 Å². The van der Waals surface area contributed by atoms with Crippen molar-refractivity contribution >= 4 is 17.9 Å². The average molecular weight is 982 g/mol. The van der Waals surface area contributed by atoms with Crippen LogP contribution in [0.1, 0.15) is 239 Å². The number of hydrogen-bond donors (Lipinski definition) is 0. The summed E-state index contributed by atoms with van der Waals surface area (Å²) in [5.41, 5.74) is 0. The van der Waals surface area contributed by atoms with E-state index in [2.05, 4.69) is 154 Å². The van der Waals surface area contributed by atoms with Gasteiger partial charge in [0.2, 0.25) is 0 Å². The smallest absolute Gasteiger partial charge is 0.306 e. The number of ether oxygens (including phenoxy) is 3. The fourth-order valence-electron chi connectivity index (χ4n) is 7.37. The summed E-state index contributed by atoms with van der Waals surface area (Å²) in [6.07, 6.45) is 81.5. The van der Waals surface area contributed by atoms with Gasteiger partial charge in [-0.3, -0.25) is 14.4 Å². The number of rotatable bonds is 50. The predicted molar refractivity (Wildman–Crippen MR) is 306 cm³/mol. The van der Waals surface area contributed by atoms with Gasteiger partial charge in [0.15, 0.2) is 6.10 Å². The van der Waals surface area contributed by atoms with Crippen molar-refractivity contribution in [1.29, 1.82) is 0 Å². The van der Waals surface area contributed by atoms with Crippen molar-refractivity contribution in [3.8, 4) is 0 Å². The Morgan fingerprint density at radius 2 is 0.549 bits per heavy atom. The molecule has 0 amide bonds. The quantitative estimate of drug-likeness (QED) is 0.0262. The molecule has 71 heavy (non-hydrogen) atoms. The second kappa shape index (κ2) is 58.1. The first-order valence-corrected chi connectivity index (χ1v) is 28.7. The van der Waals surface area contributed by atoms with Crippen LogP contribution in [-0.2, 0) is 28.6 Å². The van der Waals surface area contributed by atoms with E-state index in [-0.39, 0.29) is 31.1 Å². The van der Waals surface area contributed by atoms with Crippen molar-refractivity contribution in [2.45, 2.75) is 245 Å². The molecular formula is C65H104O6. The molecule has 0 spiro atoms. The van der Waals surface area contributed by atoms with Crippen LogP contribution in [-0.4, -0.2) is 37.2 Å². The van der Waals surface area contributed by atoms with Crippen molar-refractivity contribution in [2.75, 3.05) is 13.2 Å². The Labute approximate surface area is 436 Å². The Balaban J connectivity index is 4.52. The van der Waals surface area contributed by atoms with Gasteiger partial charge in [-0.05, 0) is 135 Å². The van der Waals surface area contributed by atoms with Gasteiger partial charge in [0.1, 0.15) is 13.2 Å². The van der Waals surface area contributed by atoms with Crippen molar-refractivity contribution in [2.24, 2.45) is 0 Å². The van der Waals surface area contributed by atoms with Crippen LogP contribution in [0.5, 0.6) is 0 Å². The van der Waals surface area contributed by atoms with Crippen LogP contribution in [0.2, 0.25) is 0 Å². The molecule has 0 aliphatic heterocycles. The van der Waals surface area contributed by atoms with Gasteiger partial charge in [-0.25, -0.2) is 0 Å². The molecule has 0 aliphatic rings. The maximum atomic E-state index is 12.9. The average Bonchev–Trinajstić information content (AvgIpc) is 3.37. The molecule has 0 aromatic carbocycles. The Bertz CT molecular complexity index is 1550. The zero-order valence-electron chi connectivity index (χ0n) is 45.7. The topological polar surface area (TPSA) is 78.9 Å². The van der Waals surface area contributed by atoms with E-state index < -0.39 is 6.10 Å². The number of allylic oxidation sites excluding steroid dienone is 22. The lowest BCUT2D eigenvalue weighted by Crippen LogP contribution is -2.30. The molecule has 0 aromatic rings. The summed E-state index contributed by atoms with van der Waals surface area (Å²) < 4.78 is 16.8. The van der Waals surface area contributed by atoms with E-state index in [9.17, 15) is 14.4 Å². The van der Waals surface area contributed by atoms with E-state index in [1.54, 1.807) is 0 Å². The molecule has 6 heteroatoms. The third-order valence-corrected chi connectivity index (χ3v) is 11.6. The Kier molecular flexibility index (Phi) is 54.5. The Morgan fingerprint density at radius 1 is 0.296 bits per heavy atom. The summed E-state index contributed by atoms with van der Waals surface area (Å²) >= 11 is 0. The lowest BCUT2D eigenvalue weighted by molar-refractivity contribution is -0.167. The lowest BCUT2D eigenvalue weighted by Gasteiger charge is -2.18. The minimum absolute atomic E-state index is 0.108. The molecule has 0 bridgehead atoms. The maximum Gasteiger partial charge on any atom is 0.306 e. The minimum Gasteiger partial charge on any atom is -0.462 e. The molecule has 0 saturated heterocycles. The van der Waals surface area contributed by atoms with Crippen molar-refractivity contribution < 1.29 is 28.6 Å². The zero-order chi connectivity index (χ0) is 51.4. The number of hydrogen-bond acceptors (Lipinski definition) is 6. The first-order valence-electron chi connectivity index (χ1n) is 28.7. The Morgan fingerprint density at radius 3 is 0.873 bits per heavy atom. The van der Waals surface area contributed by atoms with E-state index in [0.29, 0.717) is 19.3 Å². The highest BCUT2D eigenvalue weighted by Crippen LogP contribution is 2.13. The summed E-state index contributed by atoms with van der Waals surface area (Å²) in [5.74, 6) is -0.973. The monoisotopic (exact) mass is 981 g/mol. The molecule has 0 aliphatic carbocycles. The Hall–Kier alpha value is -4.45. The van der Waals surface area contributed by atoms with Gasteiger partial charge >= 0.3 is 17.9 Å². The highest BCUT2D eigenvalue weighted by atomic mass is 16.6. The van der Waals surface area contributed by atoms with Crippen LogP contribution in [0.3, 0.4) is 0 Å². The van der Waals surface area contributed by atoms with Gasteiger partial charge in [-0.1, -0.05) is 219 Å². The third kappa shape index (κ3) is 56.3. The number of carbonyl (C=O) groups is 3. The molecule has 0 saturated carbocycles. The second-order valence-corrected chi connectivity index (χ2v) is 18.4. The summed E-state index contributed by atoms with van der Waals surface area (Å²) in [6.45, 7) is 6.32. The van der Waals surface area contributed by atoms with Crippen LogP contribution in [0.25, 0.3) is 0 Å². The molecule has 400 valence electrons. The second-order valence-electron chi connectivity index (χ2n) is 18.4. The normalized spacial score (nSPS) is 13.1. The van der Waals surface area contributed by atoms with E-state index in [4.69, 9.17) is 14.2 Å². The van der Waals surface area contributed by atoms with E-state index in [1.165, 1.54) is 38.5 Å². The van der Waals surface area contributed by atoms with Gasteiger partial charge in [-0.2, -0.15) is 0 Å². The van der Waals surface area contributed by atoms with E-state index in [0.717, 1.165) is 161 Å². The zero-order valence-corrected chi connectivity index (χ0v) is 45.7. The molecule has 6 nitrogen and oxygen atoms in total. The molecule has 1 atom stereocenters. The molecule has 0 fully saturated rings. The minimum atomic E-state index is -0.812. The van der Waals surface area contributed by atoms with Crippen LogP contribution in [0.15, 0.2) is 134 Å². The summed E-state index contributed by atoms with van der Waals surface area (Å²) in [5, 5.41) is 0.